The summed E-state index contributed by atoms with van der Waals surface area (Å²) in [5.41, 5.74) is 4.70. The highest BCUT2D eigenvalue weighted by molar-refractivity contribution is 5.96. The molecule has 28 heavy (non-hydrogen) atoms. The van der Waals surface area contributed by atoms with E-state index in [0.29, 0.717) is 17.8 Å². The normalized spacial score (nSPS) is 16.4. The Labute approximate surface area is 170 Å². The number of carbonyl (C=O) groups excluding carboxylic acids is 1. The van der Waals surface area contributed by atoms with E-state index in [9.17, 15) is 9.18 Å². The van der Waals surface area contributed by atoms with E-state index in [4.69, 9.17) is 6.85 Å². The molecule has 1 aromatic heterocycles. The van der Waals surface area contributed by atoms with Crippen molar-refractivity contribution >= 4 is 23.1 Å². The lowest BCUT2D eigenvalue weighted by atomic mass is 9.97. The minimum Gasteiger partial charge on any atom is -0.469 e. The summed E-state index contributed by atoms with van der Waals surface area (Å²) < 4.78 is 58.1. The van der Waals surface area contributed by atoms with Gasteiger partial charge in [-0.05, 0) is 65.4 Å². The number of hydrogen-bond donors (Lipinski definition) is 0. The number of esters is 1. The Morgan fingerprint density at radius 2 is 2.14 bits per heavy atom. The Morgan fingerprint density at radius 3 is 2.86 bits per heavy atom. The largest absolute Gasteiger partial charge is 0.469 e. The maximum atomic E-state index is 13.6. The van der Waals surface area contributed by atoms with Crippen molar-refractivity contribution in [2.45, 2.75) is 39.1 Å². The smallest absolute Gasteiger partial charge is 0.305 e. The van der Waals surface area contributed by atoms with Crippen LogP contribution in [-0.4, -0.2) is 23.8 Å². The van der Waals surface area contributed by atoms with E-state index >= 15 is 0 Å². The van der Waals surface area contributed by atoms with Crippen molar-refractivity contribution in [2.24, 2.45) is 4.99 Å². The zero-order valence-electron chi connectivity index (χ0n) is 20.6. The molecule has 0 amide bonds. The molecule has 2 heterocycles. The molecule has 0 radical (unpaired) electrons. The van der Waals surface area contributed by atoms with Crippen LogP contribution in [0.25, 0.3) is 16.6 Å². The molecular weight excluding hydrogens is 355 g/mol. The van der Waals surface area contributed by atoms with Crippen LogP contribution in [0.2, 0.25) is 0 Å². The van der Waals surface area contributed by atoms with Gasteiger partial charge >= 0.3 is 5.97 Å². The summed E-state index contributed by atoms with van der Waals surface area (Å²) in [4.78, 5) is 16.7. The Morgan fingerprint density at radius 1 is 1.36 bits per heavy atom. The third kappa shape index (κ3) is 3.11. The predicted octanol–water partition coefficient (Wildman–Crippen LogP) is 4.93. The quantitative estimate of drug-likeness (QED) is 0.586. The summed E-state index contributed by atoms with van der Waals surface area (Å²) in [6.45, 7) is 4.39. The standard InChI is InChI=1S/C23H23FN2O2/c1-14(2)23-19(8-9-22(27)28-3)20-10-15-12-25-13-16(15)11-21(20)26(23)18-6-4-17(24)5-7-18/h4-7,10-11,13-14H,8-9,12H2,1-3H3/i3D3,9D2. The molecule has 0 aliphatic carbocycles. The lowest BCUT2D eigenvalue weighted by molar-refractivity contribution is -0.140. The van der Waals surface area contributed by atoms with E-state index in [1.807, 2.05) is 30.5 Å². The molecule has 0 fully saturated rings. The lowest BCUT2D eigenvalue weighted by Crippen LogP contribution is -2.07. The second kappa shape index (κ2) is 7.23. The molecule has 0 spiro atoms. The third-order valence-electron chi connectivity index (χ3n) is 5.00. The van der Waals surface area contributed by atoms with E-state index < -0.39 is 19.4 Å². The molecule has 0 atom stereocenters. The van der Waals surface area contributed by atoms with Gasteiger partial charge in [0.2, 0.25) is 0 Å². The fourth-order valence-corrected chi connectivity index (χ4v) is 3.84. The van der Waals surface area contributed by atoms with Gasteiger partial charge in [0.15, 0.2) is 0 Å². The van der Waals surface area contributed by atoms with Gasteiger partial charge in [-0.3, -0.25) is 9.79 Å². The maximum Gasteiger partial charge on any atom is 0.305 e. The summed E-state index contributed by atoms with van der Waals surface area (Å²) in [6.07, 6.45) is -1.17. The molecule has 144 valence electrons. The van der Waals surface area contributed by atoms with Crippen LogP contribution < -0.4 is 0 Å². The lowest BCUT2D eigenvalue weighted by Gasteiger charge is -2.15. The summed E-state index contributed by atoms with van der Waals surface area (Å²) in [7, 11) is -3.04. The van der Waals surface area contributed by atoms with E-state index in [-0.39, 0.29) is 18.2 Å². The number of aromatic nitrogens is 1. The maximum absolute atomic E-state index is 13.6. The van der Waals surface area contributed by atoms with Crippen molar-refractivity contribution in [3.63, 3.8) is 0 Å². The SMILES string of the molecule is [2H]C([2H])([2H])OC(=O)C([2H])([2H])Cc1c(C(C)C)n(-c2ccc(F)cc2)c2cc3c(cc12)CN=C3. The van der Waals surface area contributed by atoms with Crippen molar-refractivity contribution in [1.29, 1.82) is 0 Å². The van der Waals surface area contributed by atoms with Crippen LogP contribution in [0, 0.1) is 5.82 Å². The van der Waals surface area contributed by atoms with Crippen molar-refractivity contribution < 1.29 is 20.8 Å². The molecule has 0 bridgehead atoms. The number of methoxy groups -OCH3 is 1. The number of halogens is 1. The average molecular weight is 383 g/mol. The third-order valence-corrected chi connectivity index (χ3v) is 5.00. The highest BCUT2D eigenvalue weighted by Gasteiger charge is 2.23. The number of aliphatic imine (C=N–C) groups is 1. The Balaban J connectivity index is 1.95. The van der Waals surface area contributed by atoms with Crippen molar-refractivity contribution in [1.82, 2.24) is 4.57 Å². The fraction of sp³-hybridized carbons (Fsp3) is 0.304. The van der Waals surface area contributed by atoms with Gasteiger partial charge in [0.05, 0.1) is 23.2 Å². The van der Waals surface area contributed by atoms with Crippen LogP contribution in [0.15, 0.2) is 41.4 Å². The van der Waals surface area contributed by atoms with Gasteiger partial charge in [0.1, 0.15) is 5.82 Å². The van der Waals surface area contributed by atoms with Crippen LogP contribution in [0.1, 0.15) is 55.4 Å². The molecular formula is C23H23FN2O2. The average Bonchev–Trinajstić information content (AvgIpc) is 3.27. The van der Waals surface area contributed by atoms with Crippen molar-refractivity contribution in [2.75, 3.05) is 7.04 Å². The first-order valence-electron chi connectivity index (χ1n) is 11.6. The topological polar surface area (TPSA) is 43.6 Å². The summed E-state index contributed by atoms with van der Waals surface area (Å²) in [6, 6.07) is 9.88. The predicted molar refractivity (Wildman–Crippen MR) is 109 cm³/mol. The van der Waals surface area contributed by atoms with Gasteiger partial charge in [-0.15, -0.1) is 0 Å². The zero-order chi connectivity index (χ0) is 24.1. The Kier molecular flexibility index (Phi) is 3.42. The first-order chi connectivity index (χ1) is 15.4. The van der Waals surface area contributed by atoms with E-state index in [2.05, 4.69) is 9.73 Å². The molecule has 0 saturated carbocycles. The van der Waals surface area contributed by atoms with Crippen molar-refractivity contribution in [3.05, 3.63) is 64.6 Å². The van der Waals surface area contributed by atoms with E-state index in [1.165, 1.54) is 12.1 Å². The number of ether oxygens (including phenoxy) is 1. The van der Waals surface area contributed by atoms with Crippen molar-refractivity contribution in [3.8, 4) is 5.69 Å². The number of aryl methyl sites for hydroxylation is 1. The van der Waals surface area contributed by atoms with Crippen LogP contribution in [0.3, 0.4) is 0 Å². The van der Waals surface area contributed by atoms with Gasteiger partial charge < -0.3 is 9.30 Å². The van der Waals surface area contributed by atoms with Crippen LogP contribution in [-0.2, 0) is 22.5 Å². The molecule has 4 rings (SSSR count). The monoisotopic (exact) mass is 383 g/mol. The van der Waals surface area contributed by atoms with Gasteiger partial charge in [-0.2, -0.15) is 0 Å². The number of hydrogen-bond acceptors (Lipinski definition) is 3. The zero-order valence-corrected chi connectivity index (χ0v) is 15.6. The summed E-state index contributed by atoms with van der Waals surface area (Å²) in [5, 5.41) is 0.734. The second-order valence-corrected chi connectivity index (χ2v) is 7.11. The van der Waals surface area contributed by atoms with Gasteiger partial charge in [-0.25, -0.2) is 4.39 Å². The van der Waals surface area contributed by atoms with Gasteiger partial charge in [0.25, 0.3) is 0 Å². The summed E-state index contributed by atoms with van der Waals surface area (Å²) in [5.74, 6) is -1.90. The summed E-state index contributed by atoms with van der Waals surface area (Å²) >= 11 is 0. The number of fused-ring (bicyclic) bond motifs is 2. The first-order valence-corrected chi connectivity index (χ1v) is 9.07. The van der Waals surface area contributed by atoms with E-state index in [0.717, 1.165) is 27.7 Å². The molecule has 0 N–H and O–H groups in total. The Bertz CT molecular complexity index is 1260. The molecule has 1 aliphatic heterocycles. The Hall–Kier alpha value is -2.95. The van der Waals surface area contributed by atoms with Crippen LogP contribution >= 0.6 is 0 Å². The minimum atomic E-state index is -3.04. The number of carbonyl (C=O) groups is 1. The minimum absolute atomic E-state index is 0.0876. The van der Waals surface area contributed by atoms with Crippen LogP contribution in [0.4, 0.5) is 4.39 Å². The highest BCUT2D eigenvalue weighted by Crippen LogP contribution is 2.37. The van der Waals surface area contributed by atoms with E-state index in [1.54, 1.807) is 18.3 Å². The molecule has 3 aromatic rings. The van der Waals surface area contributed by atoms with Gasteiger partial charge in [0, 0.05) is 32.1 Å². The molecule has 5 heteroatoms. The molecule has 4 nitrogen and oxygen atoms in total. The number of nitrogens with zero attached hydrogens (tertiary/aromatic N) is 2. The molecule has 0 saturated heterocycles. The molecule has 0 unspecified atom stereocenters. The fourth-order valence-electron chi connectivity index (χ4n) is 3.84. The molecule has 2 aromatic carbocycles. The number of benzene rings is 2. The van der Waals surface area contributed by atoms with Crippen LogP contribution in [0.5, 0.6) is 0 Å². The second-order valence-electron chi connectivity index (χ2n) is 7.11. The number of rotatable bonds is 5. The van der Waals surface area contributed by atoms with Gasteiger partial charge in [-0.1, -0.05) is 13.8 Å². The highest BCUT2D eigenvalue weighted by atomic mass is 19.1. The first kappa shape index (κ1) is 13.3. The molecule has 1 aliphatic rings.